The highest BCUT2D eigenvalue weighted by Gasteiger charge is 2.68. The van der Waals surface area contributed by atoms with E-state index in [2.05, 4.69) is 0 Å². The van der Waals surface area contributed by atoms with E-state index in [0.717, 1.165) is 10.0 Å². The minimum absolute atomic E-state index is 0.766. The standard InChI is InChI=1S/C8H10N8O10/c17-5(9-11-1-7(2-11,13(19)20)14(21)22)6(18)10-12-3-8(4-12,15(23)24)16(25)26/h1-4H2,(H,9,17)(H,10,18). The lowest BCUT2D eigenvalue weighted by atomic mass is 10.1. The van der Waals surface area contributed by atoms with E-state index in [0.29, 0.717) is 0 Å². The van der Waals surface area contributed by atoms with Crippen LogP contribution in [0.2, 0.25) is 0 Å². The molecule has 18 heteroatoms. The first kappa shape index (κ1) is 18.8. The van der Waals surface area contributed by atoms with Gasteiger partial charge in [-0.1, -0.05) is 0 Å². The summed E-state index contributed by atoms with van der Waals surface area (Å²) in [5, 5.41) is 44.3. The second-order valence-corrected chi connectivity index (χ2v) is 5.59. The van der Waals surface area contributed by atoms with Crippen LogP contribution in [0.3, 0.4) is 0 Å². The average Bonchev–Trinajstić information content (AvgIpc) is 2.43. The van der Waals surface area contributed by atoms with Crippen LogP contribution in [-0.4, -0.2) is 79.0 Å². The molecular weight excluding hydrogens is 368 g/mol. The molecular formula is C8H10N8O10. The van der Waals surface area contributed by atoms with E-state index in [1.807, 2.05) is 10.9 Å². The number of hydrogen-bond acceptors (Lipinski definition) is 12. The first-order valence-corrected chi connectivity index (χ1v) is 6.64. The topological polar surface area (TPSA) is 237 Å². The van der Waals surface area contributed by atoms with Gasteiger partial charge in [-0.05, 0) is 0 Å². The molecule has 2 aliphatic rings. The summed E-state index contributed by atoms with van der Waals surface area (Å²) in [6.07, 6.45) is 0. The molecule has 2 aliphatic heterocycles. The van der Waals surface area contributed by atoms with Gasteiger partial charge in [-0.25, -0.2) is 0 Å². The van der Waals surface area contributed by atoms with Crippen LogP contribution in [0.25, 0.3) is 0 Å². The quantitative estimate of drug-likeness (QED) is 0.196. The number of amides is 2. The molecule has 0 saturated carbocycles. The van der Waals surface area contributed by atoms with Crippen LogP contribution in [0.4, 0.5) is 0 Å². The molecule has 0 aromatic heterocycles. The van der Waals surface area contributed by atoms with Crippen molar-refractivity contribution < 1.29 is 29.3 Å². The van der Waals surface area contributed by atoms with Gasteiger partial charge in [0.15, 0.2) is 26.2 Å². The maximum Gasteiger partial charge on any atom is 0.486 e. The van der Waals surface area contributed by atoms with Crippen LogP contribution in [0.5, 0.6) is 0 Å². The molecule has 0 atom stereocenters. The maximum absolute atomic E-state index is 11.6. The fraction of sp³-hybridized carbons (Fsp3) is 0.750. The Labute approximate surface area is 141 Å². The Hall–Kier alpha value is -3.54. The number of rotatable bonds is 6. The molecule has 2 N–H and O–H groups in total. The third kappa shape index (κ3) is 2.82. The van der Waals surface area contributed by atoms with E-state index >= 15 is 0 Å². The van der Waals surface area contributed by atoms with Gasteiger partial charge in [0.25, 0.3) is 0 Å². The largest absolute Gasteiger partial charge is 0.486 e. The lowest BCUT2D eigenvalue weighted by Crippen LogP contribution is -2.76. The SMILES string of the molecule is O=C(NN1CC([N+](=O)[O-])([N+](=O)[O-])C1)C(=O)NN1CC([N+](=O)[O-])([N+](=O)[O-])C1. The number of carbonyl (C=O) groups is 2. The fourth-order valence-electron chi connectivity index (χ4n) is 2.27. The average molecular weight is 378 g/mol. The van der Waals surface area contributed by atoms with E-state index in [1.54, 1.807) is 0 Å². The molecule has 2 fully saturated rings. The van der Waals surface area contributed by atoms with E-state index in [9.17, 15) is 50.0 Å². The Bertz CT molecular complexity index is 618. The van der Waals surface area contributed by atoms with Crippen molar-refractivity contribution in [3.8, 4) is 0 Å². The molecule has 0 radical (unpaired) electrons. The third-order valence-electron chi connectivity index (χ3n) is 3.86. The predicted octanol–water partition coefficient (Wildman–Crippen LogP) is -3.82. The zero-order valence-electron chi connectivity index (χ0n) is 12.6. The van der Waals surface area contributed by atoms with E-state index in [-0.39, 0.29) is 0 Å². The Morgan fingerprint density at radius 1 is 0.654 bits per heavy atom. The zero-order chi connectivity index (χ0) is 19.9. The van der Waals surface area contributed by atoms with Gasteiger partial charge in [0, 0.05) is 0 Å². The van der Waals surface area contributed by atoms with Gasteiger partial charge in [0.1, 0.15) is 19.7 Å². The van der Waals surface area contributed by atoms with Gasteiger partial charge in [-0.3, -0.25) is 60.9 Å². The van der Waals surface area contributed by atoms with Gasteiger partial charge in [-0.2, -0.15) is 10.0 Å². The minimum Gasteiger partial charge on any atom is -0.279 e. The first-order valence-electron chi connectivity index (χ1n) is 6.64. The van der Waals surface area contributed by atoms with Gasteiger partial charge in [0.2, 0.25) is 0 Å². The highest BCUT2D eigenvalue weighted by atomic mass is 16.7. The van der Waals surface area contributed by atoms with Crippen molar-refractivity contribution >= 4 is 11.8 Å². The van der Waals surface area contributed by atoms with Crippen LogP contribution in [0.15, 0.2) is 0 Å². The molecule has 0 aliphatic carbocycles. The van der Waals surface area contributed by atoms with Gasteiger partial charge < -0.3 is 0 Å². The summed E-state index contributed by atoms with van der Waals surface area (Å²) in [4.78, 5) is 61.5. The van der Waals surface area contributed by atoms with Crippen LogP contribution < -0.4 is 10.9 Å². The minimum atomic E-state index is -2.49. The Morgan fingerprint density at radius 3 is 1.08 bits per heavy atom. The maximum atomic E-state index is 11.6. The fourth-order valence-corrected chi connectivity index (χ4v) is 2.27. The van der Waals surface area contributed by atoms with Gasteiger partial charge in [-0.15, -0.1) is 0 Å². The Balaban J connectivity index is 1.83. The molecule has 2 amide bonds. The predicted molar refractivity (Wildman–Crippen MR) is 72.9 cm³/mol. The van der Waals surface area contributed by atoms with Crippen molar-refractivity contribution in [3.63, 3.8) is 0 Å². The van der Waals surface area contributed by atoms with E-state index in [1.165, 1.54) is 0 Å². The van der Waals surface area contributed by atoms with Crippen LogP contribution >= 0.6 is 0 Å². The van der Waals surface area contributed by atoms with E-state index < -0.39 is 69.0 Å². The molecule has 0 aromatic carbocycles. The van der Waals surface area contributed by atoms with Crippen LogP contribution in [0.1, 0.15) is 0 Å². The number of hydrazine groups is 2. The van der Waals surface area contributed by atoms with Gasteiger partial charge >= 0.3 is 23.1 Å². The molecule has 0 bridgehead atoms. The summed E-state index contributed by atoms with van der Waals surface area (Å²) >= 11 is 0. The van der Waals surface area contributed by atoms with Crippen molar-refractivity contribution in [3.05, 3.63) is 40.5 Å². The molecule has 2 rings (SSSR count). The molecule has 2 heterocycles. The highest BCUT2D eigenvalue weighted by Crippen LogP contribution is 2.24. The summed E-state index contributed by atoms with van der Waals surface area (Å²) < 4.78 is 0. The molecule has 2 saturated heterocycles. The molecule has 26 heavy (non-hydrogen) atoms. The second-order valence-electron chi connectivity index (χ2n) is 5.59. The zero-order valence-corrected chi connectivity index (χ0v) is 12.6. The monoisotopic (exact) mass is 378 g/mol. The number of nitrogens with one attached hydrogen (secondary N) is 2. The summed E-state index contributed by atoms with van der Waals surface area (Å²) in [7, 11) is 0. The molecule has 18 nitrogen and oxygen atoms in total. The van der Waals surface area contributed by atoms with Crippen molar-refractivity contribution in [1.82, 2.24) is 20.9 Å². The summed E-state index contributed by atoms with van der Waals surface area (Å²) in [6.45, 7) is -3.11. The number of hydrogen-bond donors (Lipinski definition) is 2. The van der Waals surface area contributed by atoms with Crippen LogP contribution in [0, 0.1) is 40.5 Å². The van der Waals surface area contributed by atoms with Crippen molar-refractivity contribution in [2.45, 2.75) is 11.3 Å². The summed E-state index contributed by atoms with van der Waals surface area (Å²) in [5.41, 5.74) is -1.22. The third-order valence-corrected chi connectivity index (χ3v) is 3.86. The number of nitro groups is 4. The number of carbonyl (C=O) groups excluding carboxylic acids is 2. The molecule has 0 spiro atoms. The highest BCUT2D eigenvalue weighted by molar-refractivity contribution is 6.34. The lowest BCUT2D eigenvalue weighted by Gasteiger charge is -2.37. The first-order chi connectivity index (χ1) is 11.9. The smallest absolute Gasteiger partial charge is 0.279 e. The number of nitrogens with zero attached hydrogens (tertiary/aromatic N) is 6. The van der Waals surface area contributed by atoms with Gasteiger partial charge in [0.05, 0.1) is 0 Å². The van der Waals surface area contributed by atoms with E-state index in [4.69, 9.17) is 0 Å². The molecule has 142 valence electrons. The molecule has 0 unspecified atom stereocenters. The van der Waals surface area contributed by atoms with Crippen LogP contribution in [-0.2, 0) is 9.59 Å². The lowest BCUT2D eigenvalue weighted by molar-refractivity contribution is -0.812. The second kappa shape index (κ2) is 6.07. The van der Waals surface area contributed by atoms with Crippen molar-refractivity contribution in [2.24, 2.45) is 0 Å². The molecule has 0 aromatic rings. The van der Waals surface area contributed by atoms with Crippen molar-refractivity contribution in [2.75, 3.05) is 26.2 Å². The summed E-state index contributed by atoms with van der Waals surface area (Å²) in [5.74, 6) is -2.71. The normalized spacial score (nSPS) is 20.8. The Morgan fingerprint density at radius 2 is 0.885 bits per heavy atom. The Kier molecular flexibility index (Phi) is 4.39. The summed E-state index contributed by atoms with van der Waals surface area (Å²) in [6, 6.07) is 0. The van der Waals surface area contributed by atoms with Crippen molar-refractivity contribution in [1.29, 1.82) is 0 Å².